The Hall–Kier alpha value is -1.96. The number of nitrogens with zero attached hydrogens (tertiary/aromatic N) is 2. The summed E-state index contributed by atoms with van der Waals surface area (Å²) in [7, 11) is 2.05. The molecule has 16 heavy (non-hydrogen) atoms. The first kappa shape index (κ1) is 9.28. The van der Waals surface area contributed by atoms with Crippen molar-refractivity contribution in [3.63, 3.8) is 0 Å². The van der Waals surface area contributed by atoms with Gasteiger partial charge in [0, 0.05) is 30.0 Å². The van der Waals surface area contributed by atoms with E-state index in [1.807, 2.05) is 19.3 Å². The van der Waals surface area contributed by atoms with Crippen LogP contribution >= 0.6 is 0 Å². The standard InChI is InChI=1S/C14H13N2/c1-10-14-13(7-8-16(10)2)12-6-4-3-5-11(12)9-15-14/h3-9H,1-2H3/q+1. The Morgan fingerprint density at radius 3 is 2.75 bits per heavy atom. The van der Waals surface area contributed by atoms with E-state index in [2.05, 4.69) is 46.9 Å². The predicted molar refractivity (Wildman–Crippen MR) is 65.2 cm³/mol. The maximum atomic E-state index is 4.55. The maximum absolute atomic E-state index is 4.55. The summed E-state index contributed by atoms with van der Waals surface area (Å²) in [5.41, 5.74) is 2.28. The molecule has 1 aromatic carbocycles. The molecule has 0 radical (unpaired) electrons. The van der Waals surface area contributed by atoms with Gasteiger partial charge in [-0.3, -0.25) is 0 Å². The minimum absolute atomic E-state index is 1.09. The monoisotopic (exact) mass is 209 g/mol. The largest absolute Gasteiger partial charge is 0.249 e. The Morgan fingerprint density at radius 1 is 1.06 bits per heavy atom. The zero-order valence-corrected chi connectivity index (χ0v) is 9.44. The molecule has 0 aliphatic carbocycles. The first-order valence-corrected chi connectivity index (χ1v) is 5.40. The summed E-state index contributed by atoms with van der Waals surface area (Å²) in [4.78, 5) is 4.55. The SMILES string of the molecule is Cc1c2ncc3ccccc3c2cc[n+]1C. The van der Waals surface area contributed by atoms with Crippen LogP contribution in [0.1, 0.15) is 5.69 Å². The van der Waals surface area contributed by atoms with Crippen molar-refractivity contribution in [1.82, 2.24) is 4.98 Å². The van der Waals surface area contributed by atoms with Gasteiger partial charge in [0.25, 0.3) is 0 Å². The average Bonchev–Trinajstić information content (AvgIpc) is 2.33. The summed E-state index contributed by atoms with van der Waals surface area (Å²) in [6.45, 7) is 2.10. The van der Waals surface area contributed by atoms with Crippen LogP contribution in [0.5, 0.6) is 0 Å². The molecule has 0 fully saturated rings. The van der Waals surface area contributed by atoms with E-state index in [0.717, 1.165) is 5.52 Å². The molecule has 3 aromatic rings. The molecular formula is C14H13N2+. The molecule has 0 unspecified atom stereocenters. The smallest absolute Gasteiger partial charge is 0.204 e. The van der Waals surface area contributed by atoms with E-state index in [0.29, 0.717) is 0 Å². The lowest BCUT2D eigenvalue weighted by molar-refractivity contribution is -0.676. The van der Waals surface area contributed by atoms with Gasteiger partial charge in [-0.25, -0.2) is 9.55 Å². The van der Waals surface area contributed by atoms with Gasteiger partial charge in [0.1, 0.15) is 12.6 Å². The van der Waals surface area contributed by atoms with Gasteiger partial charge in [0.05, 0.1) is 0 Å². The molecule has 0 atom stereocenters. The lowest BCUT2D eigenvalue weighted by Gasteiger charge is -2.03. The van der Waals surface area contributed by atoms with Crippen LogP contribution in [0.25, 0.3) is 21.7 Å². The number of hydrogen-bond donors (Lipinski definition) is 0. The summed E-state index contributed by atoms with van der Waals surface area (Å²) in [5, 5.41) is 3.70. The molecule has 2 heteroatoms. The molecule has 2 heterocycles. The highest BCUT2D eigenvalue weighted by Crippen LogP contribution is 2.23. The van der Waals surface area contributed by atoms with E-state index >= 15 is 0 Å². The van der Waals surface area contributed by atoms with E-state index in [-0.39, 0.29) is 0 Å². The molecule has 0 N–H and O–H groups in total. The molecule has 0 saturated heterocycles. The number of benzene rings is 1. The topological polar surface area (TPSA) is 16.8 Å². The third kappa shape index (κ3) is 1.20. The van der Waals surface area contributed by atoms with Gasteiger partial charge >= 0.3 is 0 Å². The molecule has 0 spiro atoms. The molecule has 0 amide bonds. The van der Waals surface area contributed by atoms with Gasteiger partial charge in [-0.1, -0.05) is 24.3 Å². The van der Waals surface area contributed by atoms with Crippen LogP contribution in [0.2, 0.25) is 0 Å². The fraction of sp³-hybridized carbons (Fsp3) is 0.143. The number of hydrogen-bond acceptors (Lipinski definition) is 1. The molecule has 2 nitrogen and oxygen atoms in total. The van der Waals surface area contributed by atoms with Crippen molar-refractivity contribution in [3.8, 4) is 0 Å². The Kier molecular flexibility index (Phi) is 1.90. The summed E-state index contributed by atoms with van der Waals surface area (Å²) >= 11 is 0. The summed E-state index contributed by atoms with van der Waals surface area (Å²) in [6.07, 6.45) is 4.04. The van der Waals surface area contributed by atoms with E-state index in [4.69, 9.17) is 0 Å². The number of aryl methyl sites for hydroxylation is 2. The Labute approximate surface area is 94.2 Å². The summed E-state index contributed by atoms with van der Waals surface area (Å²) in [6, 6.07) is 10.5. The fourth-order valence-corrected chi connectivity index (χ4v) is 2.11. The molecule has 3 rings (SSSR count). The average molecular weight is 209 g/mol. The molecule has 2 aromatic heterocycles. The van der Waals surface area contributed by atoms with Gasteiger partial charge in [-0.15, -0.1) is 0 Å². The highest BCUT2D eigenvalue weighted by molar-refractivity contribution is 6.05. The minimum atomic E-state index is 1.09. The zero-order valence-electron chi connectivity index (χ0n) is 9.44. The van der Waals surface area contributed by atoms with Crippen LogP contribution in [-0.4, -0.2) is 4.98 Å². The molecule has 0 saturated carbocycles. The molecular weight excluding hydrogens is 196 g/mol. The van der Waals surface area contributed by atoms with Crippen molar-refractivity contribution >= 4 is 21.7 Å². The fourth-order valence-electron chi connectivity index (χ4n) is 2.11. The van der Waals surface area contributed by atoms with Crippen LogP contribution in [-0.2, 0) is 7.05 Å². The Morgan fingerprint density at radius 2 is 1.88 bits per heavy atom. The quantitative estimate of drug-likeness (QED) is 0.410. The van der Waals surface area contributed by atoms with Crippen LogP contribution in [0, 0.1) is 6.92 Å². The lowest BCUT2D eigenvalue weighted by atomic mass is 10.1. The van der Waals surface area contributed by atoms with Crippen molar-refractivity contribution in [1.29, 1.82) is 0 Å². The number of aromatic nitrogens is 2. The maximum Gasteiger partial charge on any atom is 0.204 e. The second-order valence-corrected chi connectivity index (χ2v) is 4.12. The van der Waals surface area contributed by atoms with Gasteiger partial charge < -0.3 is 0 Å². The van der Waals surface area contributed by atoms with Crippen molar-refractivity contribution in [3.05, 3.63) is 48.4 Å². The van der Waals surface area contributed by atoms with E-state index < -0.39 is 0 Å². The highest BCUT2D eigenvalue weighted by atomic mass is 14.9. The van der Waals surface area contributed by atoms with Gasteiger partial charge in [0.15, 0.2) is 6.20 Å². The van der Waals surface area contributed by atoms with Crippen molar-refractivity contribution < 1.29 is 4.57 Å². The molecule has 0 aliphatic rings. The van der Waals surface area contributed by atoms with Crippen LogP contribution < -0.4 is 4.57 Å². The van der Waals surface area contributed by atoms with Crippen LogP contribution in [0.3, 0.4) is 0 Å². The van der Waals surface area contributed by atoms with E-state index in [1.165, 1.54) is 21.9 Å². The lowest BCUT2D eigenvalue weighted by Crippen LogP contribution is -2.31. The van der Waals surface area contributed by atoms with Crippen molar-refractivity contribution in [2.75, 3.05) is 0 Å². The van der Waals surface area contributed by atoms with Crippen LogP contribution in [0.15, 0.2) is 42.7 Å². The summed E-state index contributed by atoms with van der Waals surface area (Å²) < 4.78 is 2.10. The van der Waals surface area contributed by atoms with E-state index in [1.54, 1.807) is 0 Å². The summed E-state index contributed by atoms with van der Waals surface area (Å²) in [5.74, 6) is 0. The highest BCUT2D eigenvalue weighted by Gasteiger charge is 2.10. The van der Waals surface area contributed by atoms with Gasteiger partial charge in [-0.05, 0) is 5.39 Å². The third-order valence-corrected chi connectivity index (χ3v) is 3.18. The number of fused-ring (bicyclic) bond motifs is 3. The predicted octanol–water partition coefficient (Wildman–Crippen LogP) is 2.52. The minimum Gasteiger partial charge on any atom is -0.249 e. The van der Waals surface area contributed by atoms with E-state index in [9.17, 15) is 0 Å². The third-order valence-electron chi connectivity index (χ3n) is 3.18. The zero-order chi connectivity index (χ0) is 11.1. The van der Waals surface area contributed by atoms with Crippen molar-refractivity contribution in [2.24, 2.45) is 7.05 Å². The first-order chi connectivity index (χ1) is 7.77. The molecule has 78 valence electrons. The first-order valence-electron chi connectivity index (χ1n) is 5.40. The van der Waals surface area contributed by atoms with Crippen molar-refractivity contribution in [2.45, 2.75) is 6.92 Å². The van der Waals surface area contributed by atoms with Crippen LogP contribution in [0.4, 0.5) is 0 Å². The second-order valence-electron chi connectivity index (χ2n) is 4.12. The number of rotatable bonds is 0. The van der Waals surface area contributed by atoms with Gasteiger partial charge in [-0.2, -0.15) is 0 Å². The number of pyridine rings is 2. The second kappa shape index (κ2) is 3.27. The Bertz CT molecular complexity index is 687. The normalized spacial score (nSPS) is 11.1. The molecule has 0 bridgehead atoms. The molecule has 0 aliphatic heterocycles. The Balaban J connectivity index is 2.58. The van der Waals surface area contributed by atoms with Gasteiger partial charge in [0.2, 0.25) is 5.69 Å².